The SMILES string of the molecule is C=C1CCC2[C@](C)(CC[C@@H](O)[C@@]2(C)CO)C1CC(NC(C)C(=O)CC1=NCC=N1)C1=C/C(=C\C2=CN3C(=O)C(CC)N(C)C3C=C2)OC1=O.O=C=O. The maximum absolute atomic E-state index is 13.6. The molecular weight excluding hydrogens is 666 g/mol. The molecule has 0 aromatic rings. The lowest BCUT2D eigenvalue weighted by molar-refractivity contribution is -0.191. The predicted octanol–water partition coefficient (Wildman–Crippen LogP) is 3.02. The summed E-state index contributed by atoms with van der Waals surface area (Å²) >= 11 is 0. The third-order valence-corrected chi connectivity index (χ3v) is 12.3. The van der Waals surface area contributed by atoms with E-state index < -0.39 is 29.6 Å². The summed E-state index contributed by atoms with van der Waals surface area (Å²) in [5, 5.41) is 25.0. The van der Waals surface area contributed by atoms with E-state index in [1.165, 1.54) is 0 Å². The van der Waals surface area contributed by atoms with E-state index in [1.54, 1.807) is 36.4 Å². The van der Waals surface area contributed by atoms with Crippen LogP contribution in [0.3, 0.4) is 0 Å². The molecule has 3 fully saturated rings. The largest absolute Gasteiger partial charge is 0.423 e. The van der Waals surface area contributed by atoms with Crippen molar-refractivity contribution in [2.75, 3.05) is 20.2 Å². The molecule has 4 heterocycles. The summed E-state index contributed by atoms with van der Waals surface area (Å²) < 4.78 is 5.81. The number of nitrogens with one attached hydrogen (secondary N) is 1. The number of carbonyl (C=O) groups excluding carboxylic acids is 5. The van der Waals surface area contributed by atoms with Gasteiger partial charge in [-0.25, -0.2) is 9.79 Å². The van der Waals surface area contributed by atoms with Crippen LogP contribution in [0.4, 0.5) is 0 Å². The predicted molar refractivity (Wildman–Crippen MR) is 192 cm³/mol. The normalized spacial score (nSPS) is 34.4. The number of cyclic esters (lactones) is 1. The van der Waals surface area contributed by atoms with Gasteiger partial charge in [-0.1, -0.05) is 39.0 Å². The van der Waals surface area contributed by atoms with Crippen molar-refractivity contribution in [3.63, 3.8) is 0 Å². The molecule has 1 saturated heterocycles. The second-order valence-corrected chi connectivity index (χ2v) is 15.3. The van der Waals surface area contributed by atoms with Crippen LogP contribution >= 0.6 is 0 Å². The van der Waals surface area contributed by atoms with E-state index >= 15 is 0 Å². The molecule has 0 aromatic heterocycles. The van der Waals surface area contributed by atoms with Gasteiger partial charge in [-0.3, -0.25) is 24.4 Å². The Kier molecular flexibility index (Phi) is 11.9. The highest BCUT2D eigenvalue weighted by Gasteiger charge is 2.58. The minimum Gasteiger partial charge on any atom is -0.423 e. The van der Waals surface area contributed by atoms with Crippen LogP contribution in [0, 0.1) is 22.7 Å². The van der Waals surface area contributed by atoms with E-state index in [4.69, 9.17) is 14.3 Å². The first-order chi connectivity index (χ1) is 24.7. The number of aliphatic hydroxyl groups is 2. The van der Waals surface area contributed by atoms with Crippen molar-refractivity contribution in [2.45, 2.75) is 103 Å². The van der Waals surface area contributed by atoms with Gasteiger partial charge in [0, 0.05) is 23.9 Å². The number of allylic oxidation sites excluding steroid dienone is 5. The Morgan fingerprint density at radius 3 is 2.65 bits per heavy atom. The first-order valence-corrected chi connectivity index (χ1v) is 18.1. The molecule has 2 aliphatic carbocycles. The minimum absolute atomic E-state index is 0.0408. The van der Waals surface area contributed by atoms with Gasteiger partial charge in [-0.05, 0) is 93.5 Å². The summed E-state index contributed by atoms with van der Waals surface area (Å²) in [6.45, 7) is 12.9. The van der Waals surface area contributed by atoms with Crippen LogP contribution in [0.2, 0.25) is 0 Å². The van der Waals surface area contributed by atoms with E-state index in [0.29, 0.717) is 43.0 Å². The highest BCUT2D eigenvalue weighted by molar-refractivity contribution is 6.07. The van der Waals surface area contributed by atoms with E-state index in [0.717, 1.165) is 30.4 Å². The van der Waals surface area contributed by atoms with Crippen LogP contribution in [-0.2, 0) is 28.7 Å². The van der Waals surface area contributed by atoms with Gasteiger partial charge < -0.3 is 20.3 Å². The van der Waals surface area contributed by atoms with Crippen molar-refractivity contribution < 1.29 is 38.9 Å². The number of nitrogens with zero attached hydrogens (tertiary/aromatic N) is 4. The smallest absolute Gasteiger partial charge is 0.373 e. The Labute approximate surface area is 304 Å². The molecule has 0 spiro atoms. The molecule has 9 atom stereocenters. The first-order valence-electron chi connectivity index (χ1n) is 18.1. The lowest BCUT2D eigenvalue weighted by atomic mass is 9.46. The maximum atomic E-state index is 13.6. The molecule has 3 N–H and O–H groups in total. The van der Waals surface area contributed by atoms with E-state index in [2.05, 4.69) is 33.7 Å². The molecule has 0 radical (unpaired) electrons. The van der Waals surface area contributed by atoms with Gasteiger partial charge in [0.05, 0.1) is 43.3 Å². The molecule has 13 heteroatoms. The second kappa shape index (κ2) is 15.9. The number of amidine groups is 1. The summed E-state index contributed by atoms with van der Waals surface area (Å²) in [7, 11) is 1.95. The average Bonchev–Trinajstić information content (AvgIpc) is 3.82. The lowest BCUT2D eigenvalue weighted by Gasteiger charge is -2.60. The molecule has 2 saturated carbocycles. The number of hydrogen-bond acceptors (Lipinski definition) is 12. The quantitative estimate of drug-likeness (QED) is 0.213. The number of ether oxygens (including phenoxy) is 1. The molecule has 6 unspecified atom stereocenters. The van der Waals surface area contributed by atoms with Crippen molar-refractivity contribution >= 4 is 35.9 Å². The third kappa shape index (κ3) is 7.38. The van der Waals surface area contributed by atoms with Crippen molar-refractivity contribution in [2.24, 2.45) is 32.7 Å². The summed E-state index contributed by atoms with van der Waals surface area (Å²) in [5.41, 5.74) is 1.30. The third-order valence-electron chi connectivity index (χ3n) is 12.3. The highest BCUT2D eigenvalue weighted by atomic mass is 16.5. The Hall–Kier alpha value is -4.13. The van der Waals surface area contributed by atoms with Crippen LogP contribution in [0.5, 0.6) is 0 Å². The fourth-order valence-corrected chi connectivity index (χ4v) is 9.35. The molecule has 0 aromatic carbocycles. The number of hydrogen-bond donors (Lipinski definition) is 3. The summed E-state index contributed by atoms with van der Waals surface area (Å²) in [6.07, 6.45) is 14.6. The van der Waals surface area contributed by atoms with Crippen molar-refractivity contribution in [3.05, 3.63) is 59.6 Å². The molecular formula is C39H51N5O8. The minimum atomic E-state index is -0.648. The zero-order chi connectivity index (χ0) is 38.0. The van der Waals surface area contributed by atoms with E-state index in [-0.39, 0.29) is 60.3 Å². The van der Waals surface area contributed by atoms with Crippen LogP contribution < -0.4 is 5.32 Å². The molecule has 4 aliphatic heterocycles. The summed E-state index contributed by atoms with van der Waals surface area (Å²) in [5.74, 6) is 0.349. The highest BCUT2D eigenvalue weighted by Crippen LogP contribution is 2.62. The van der Waals surface area contributed by atoms with Crippen LogP contribution in [0.15, 0.2) is 69.5 Å². The van der Waals surface area contributed by atoms with Gasteiger partial charge in [0.25, 0.3) is 0 Å². The van der Waals surface area contributed by atoms with Crippen molar-refractivity contribution in [1.82, 2.24) is 15.1 Å². The van der Waals surface area contributed by atoms with Crippen LogP contribution in [-0.4, -0.2) is 106 Å². The zero-order valence-electron chi connectivity index (χ0n) is 30.7. The van der Waals surface area contributed by atoms with E-state index in [9.17, 15) is 24.6 Å². The van der Waals surface area contributed by atoms with E-state index in [1.807, 2.05) is 33.0 Å². The summed E-state index contributed by atoms with van der Waals surface area (Å²) in [4.78, 5) is 68.6. The zero-order valence-corrected chi connectivity index (χ0v) is 30.7. The Morgan fingerprint density at radius 1 is 1.27 bits per heavy atom. The number of likely N-dealkylation sites (N-methyl/N-ethyl adjacent to an activating group) is 1. The molecule has 0 bridgehead atoms. The number of aliphatic hydroxyl groups excluding tert-OH is 2. The van der Waals surface area contributed by atoms with Gasteiger partial charge in [-0.2, -0.15) is 9.59 Å². The van der Waals surface area contributed by atoms with Gasteiger partial charge >= 0.3 is 12.1 Å². The van der Waals surface area contributed by atoms with Crippen LogP contribution in [0.25, 0.3) is 0 Å². The fourth-order valence-electron chi connectivity index (χ4n) is 9.35. The number of amides is 1. The Balaban J connectivity index is 0.00000168. The fraction of sp³-hybridized carbons (Fsp3) is 0.590. The number of aliphatic imine (C=N–C) groups is 2. The van der Waals surface area contributed by atoms with Crippen molar-refractivity contribution in [3.8, 4) is 0 Å². The molecule has 6 aliphatic rings. The number of fused-ring (bicyclic) bond motifs is 2. The van der Waals surface area contributed by atoms with Crippen molar-refractivity contribution in [1.29, 1.82) is 0 Å². The van der Waals surface area contributed by atoms with Gasteiger partial charge in [0.2, 0.25) is 5.91 Å². The molecule has 52 heavy (non-hydrogen) atoms. The lowest BCUT2D eigenvalue weighted by Crippen LogP contribution is -2.58. The van der Waals surface area contributed by atoms with Gasteiger partial charge in [0.15, 0.2) is 5.78 Å². The van der Waals surface area contributed by atoms with Gasteiger partial charge in [-0.15, -0.1) is 0 Å². The molecule has 13 nitrogen and oxygen atoms in total. The number of rotatable bonds is 11. The van der Waals surface area contributed by atoms with Gasteiger partial charge in [0.1, 0.15) is 17.8 Å². The topological polar surface area (TPSA) is 178 Å². The molecule has 280 valence electrons. The monoisotopic (exact) mass is 717 g/mol. The summed E-state index contributed by atoms with van der Waals surface area (Å²) in [6, 6.07) is -1.33. The maximum Gasteiger partial charge on any atom is 0.373 e. The molecule has 1 amide bonds. The Bertz CT molecular complexity index is 1690. The number of ketones is 1. The number of esters is 1. The average molecular weight is 718 g/mol. The second-order valence-electron chi connectivity index (χ2n) is 15.3. The standard InChI is InChI=1S/C38H51N5O6.CO2/c1-7-29-35(47)43-20-24(9-11-34(43)42(29)6)16-25-17-26(36(48)49-25)28(41-23(3)30(45)19-33-39-14-15-40-33)18-27-22(2)8-10-31-37(27,4)13-12-32(46)38(31,5)21-44;2-1-3/h9,11,14,16-17,20,23,27-29,31-32,34,41,44,46H,2,7-8,10,12-13,15,18-19,21H2,1,3-6H3;/b25-16+;/t23?,27?,28?,29?,31?,32-,34?,37-,38+;/m1./s1. The number of Topliss-reactive ketones (excluding diaryl/α,β-unsaturated/α-hetero) is 1. The molecule has 6 rings (SSSR count). The van der Waals surface area contributed by atoms with Crippen LogP contribution in [0.1, 0.15) is 72.6 Å². The Morgan fingerprint density at radius 2 is 2.00 bits per heavy atom. The first kappa shape index (κ1) is 39.1. The number of carbonyl (C=O) groups is 3.